The van der Waals surface area contributed by atoms with Gasteiger partial charge in [-0.1, -0.05) is 29.8 Å². The van der Waals surface area contributed by atoms with Crippen LogP contribution in [0.1, 0.15) is 24.8 Å². The maximum Gasteiger partial charge on any atom is 0.303 e. The molecule has 0 amide bonds. The fraction of sp³-hybridized carbons (Fsp3) is 0.417. The third kappa shape index (κ3) is 7.53. The van der Waals surface area contributed by atoms with E-state index in [4.69, 9.17) is 16.7 Å². The average molecular weight is 295 g/mol. The van der Waals surface area contributed by atoms with Crippen molar-refractivity contribution in [3.8, 4) is 0 Å². The van der Waals surface area contributed by atoms with Crippen molar-refractivity contribution in [2.75, 3.05) is 5.75 Å². The molecule has 0 bridgehead atoms. The van der Waals surface area contributed by atoms with Gasteiger partial charge in [0.1, 0.15) is 0 Å². The summed E-state index contributed by atoms with van der Waals surface area (Å²) in [6.07, 6.45) is 1.97. The Morgan fingerprint density at radius 3 is 2.65 bits per heavy atom. The van der Waals surface area contributed by atoms with E-state index < -0.39 is 5.97 Å². The van der Waals surface area contributed by atoms with Crippen LogP contribution in [0.5, 0.6) is 0 Å². The summed E-state index contributed by atoms with van der Waals surface area (Å²) in [4.78, 5) is 10.3. The fourth-order valence-electron chi connectivity index (χ4n) is 1.28. The lowest BCUT2D eigenvalue weighted by molar-refractivity contribution is -0.137. The molecule has 0 aliphatic heterocycles. The topological polar surface area (TPSA) is 37.3 Å². The molecule has 0 radical (unpaired) electrons. The standard InChI is InChI=1S/C12H15ClO2S.ClH/c13-11-6-2-1-5-10(11)9-16-8-4-3-7-12(14)15;/h1-2,5-6H,3-4,7-9H2,(H,14,15);1H. The number of halogens is 2. The highest BCUT2D eigenvalue weighted by Gasteiger charge is 2.00. The summed E-state index contributed by atoms with van der Waals surface area (Å²) in [7, 11) is 0. The predicted octanol–water partition coefficient (Wildman–Crippen LogP) is 4.25. The molecule has 1 aromatic carbocycles. The van der Waals surface area contributed by atoms with E-state index in [9.17, 15) is 4.79 Å². The number of carboxylic acid groups (broad SMARTS) is 1. The zero-order valence-electron chi connectivity index (χ0n) is 9.39. The van der Waals surface area contributed by atoms with Gasteiger partial charge in [0.2, 0.25) is 0 Å². The Hall–Kier alpha value is -0.380. The van der Waals surface area contributed by atoms with E-state index in [-0.39, 0.29) is 18.8 Å². The van der Waals surface area contributed by atoms with Crippen molar-refractivity contribution >= 4 is 41.7 Å². The number of hydrogen-bond donors (Lipinski definition) is 1. The average Bonchev–Trinajstić information content (AvgIpc) is 2.25. The van der Waals surface area contributed by atoms with E-state index >= 15 is 0 Å². The minimum Gasteiger partial charge on any atom is -0.481 e. The summed E-state index contributed by atoms with van der Waals surface area (Å²) in [5, 5.41) is 9.27. The number of benzene rings is 1. The number of hydrogen-bond acceptors (Lipinski definition) is 2. The van der Waals surface area contributed by atoms with Gasteiger partial charge in [-0.3, -0.25) is 4.79 Å². The van der Waals surface area contributed by atoms with Gasteiger partial charge in [0.15, 0.2) is 0 Å². The molecule has 0 heterocycles. The van der Waals surface area contributed by atoms with Crippen LogP contribution in [0.25, 0.3) is 0 Å². The van der Waals surface area contributed by atoms with Crippen LogP contribution < -0.4 is 0 Å². The van der Waals surface area contributed by atoms with Gasteiger partial charge in [0, 0.05) is 17.2 Å². The van der Waals surface area contributed by atoms with Crippen LogP contribution in [-0.4, -0.2) is 16.8 Å². The normalized spacial score (nSPS) is 9.71. The van der Waals surface area contributed by atoms with Gasteiger partial charge in [0.25, 0.3) is 0 Å². The number of unbranched alkanes of at least 4 members (excludes halogenated alkanes) is 1. The zero-order chi connectivity index (χ0) is 11.8. The van der Waals surface area contributed by atoms with Crippen LogP contribution in [-0.2, 0) is 10.5 Å². The van der Waals surface area contributed by atoms with Crippen molar-refractivity contribution in [1.82, 2.24) is 0 Å². The number of carboxylic acids is 1. The van der Waals surface area contributed by atoms with Gasteiger partial charge < -0.3 is 5.11 Å². The Labute approximate surface area is 117 Å². The molecule has 0 aliphatic carbocycles. The number of thioether (sulfide) groups is 1. The lowest BCUT2D eigenvalue weighted by atomic mass is 10.2. The highest BCUT2D eigenvalue weighted by molar-refractivity contribution is 7.98. The molecular formula is C12H16Cl2O2S. The summed E-state index contributed by atoms with van der Waals surface area (Å²) < 4.78 is 0. The van der Waals surface area contributed by atoms with Crippen molar-refractivity contribution in [3.05, 3.63) is 34.9 Å². The van der Waals surface area contributed by atoms with Gasteiger partial charge >= 0.3 is 5.97 Å². The summed E-state index contributed by atoms with van der Waals surface area (Å²) in [5.74, 6) is 1.17. The Morgan fingerprint density at radius 1 is 1.29 bits per heavy atom. The maximum atomic E-state index is 10.3. The van der Waals surface area contributed by atoms with Crippen molar-refractivity contribution in [2.45, 2.75) is 25.0 Å². The van der Waals surface area contributed by atoms with Crippen LogP contribution in [0.4, 0.5) is 0 Å². The minimum absolute atomic E-state index is 0. The van der Waals surface area contributed by atoms with Crippen molar-refractivity contribution in [3.63, 3.8) is 0 Å². The summed E-state index contributed by atoms with van der Waals surface area (Å²) in [6.45, 7) is 0. The van der Waals surface area contributed by atoms with Gasteiger partial charge in [-0.25, -0.2) is 0 Å². The van der Waals surface area contributed by atoms with Crippen molar-refractivity contribution in [1.29, 1.82) is 0 Å². The zero-order valence-corrected chi connectivity index (χ0v) is 11.8. The second-order valence-electron chi connectivity index (χ2n) is 3.49. The monoisotopic (exact) mass is 294 g/mol. The lowest BCUT2D eigenvalue weighted by Gasteiger charge is -2.03. The van der Waals surface area contributed by atoms with Crippen molar-refractivity contribution in [2.24, 2.45) is 0 Å². The molecule has 1 N–H and O–H groups in total. The second kappa shape index (κ2) is 9.63. The third-order valence-corrected chi connectivity index (χ3v) is 3.61. The Morgan fingerprint density at radius 2 is 2.00 bits per heavy atom. The maximum absolute atomic E-state index is 10.3. The van der Waals surface area contributed by atoms with Gasteiger partial charge in [0.05, 0.1) is 0 Å². The van der Waals surface area contributed by atoms with Gasteiger partial charge in [-0.2, -0.15) is 11.8 Å². The Kier molecular flexibility index (Phi) is 9.41. The quantitative estimate of drug-likeness (QED) is 0.764. The second-order valence-corrected chi connectivity index (χ2v) is 5.01. The van der Waals surface area contributed by atoms with Crippen LogP contribution in [0.15, 0.2) is 24.3 Å². The molecule has 0 aromatic heterocycles. The first kappa shape index (κ1) is 16.6. The molecule has 96 valence electrons. The molecule has 5 heteroatoms. The molecule has 1 aromatic rings. The molecule has 1 rings (SSSR count). The Balaban J connectivity index is 0.00000256. The highest BCUT2D eigenvalue weighted by Crippen LogP contribution is 2.21. The van der Waals surface area contributed by atoms with Crippen molar-refractivity contribution < 1.29 is 9.90 Å². The molecule has 0 spiro atoms. The predicted molar refractivity (Wildman–Crippen MR) is 76.3 cm³/mol. The summed E-state index contributed by atoms with van der Waals surface area (Å²) >= 11 is 7.81. The SMILES string of the molecule is Cl.O=C(O)CCCCSCc1ccccc1Cl. The van der Waals surface area contributed by atoms with Crippen LogP contribution in [0, 0.1) is 0 Å². The number of aliphatic carboxylic acids is 1. The van der Waals surface area contributed by atoms with E-state index in [1.165, 1.54) is 0 Å². The number of carbonyl (C=O) groups is 1. The van der Waals surface area contributed by atoms with E-state index in [1.807, 2.05) is 24.3 Å². The van der Waals surface area contributed by atoms with E-state index in [0.29, 0.717) is 0 Å². The molecule has 17 heavy (non-hydrogen) atoms. The Bertz CT molecular complexity index is 345. The molecule has 0 fully saturated rings. The summed E-state index contributed by atoms with van der Waals surface area (Å²) in [5.41, 5.74) is 1.15. The third-order valence-electron chi connectivity index (χ3n) is 2.14. The molecule has 2 nitrogen and oxygen atoms in total. The molecule has 0 atom stereocenters. The molecule has 0 saturated carbocycles. The highest BCUT2D eigenvalue weighted by atomic mass is 35.5. The van der Waals surface area contributed by atoms with E-state index in [1.54, 1.807) is 11.8 Å². The van der Waals surface area contributed by atoms with Crippen LogP contribution >= 0.6 is 35.8 Å². The van der Waals surface area contributed by atoms with Gasteiger partial charge in [-0.05, 0) is 30.2 Å². The van der Waals surface area contributed by atoms with E-state index in [0.717, 1.165) is 34.9 Å². The van der Waals surface area contributed by atoms with Crippen LogP contribution in [0.2, 0.25) is 5.02 Å². The molecule has 0 unspecified atom stereocenters. The lowest BCUT2D eigenvalue weighted by Crippen LogP contribution is -1.94. The largest absolute Gasteiger partial charge is 0.481 e. The number of rotatable bonds is 7. The first-order chi connectivity index (χ1) is 7.70. The minimum atomic E-state index is -0.712. The van der Waals surface area contributed by atoms with Crippen LogP contribution in [0.3, 0.4) is 0 Å². The first-order valence-corrected chi connectivity index (χ1v) is 6.76. The first-order valence-electron chi connectivity index (χ1n) is 5.23. The molecular weight excluding hydrogens is 279 g/mol. The summed E-state index contributed by atoms with van der Waals surface area (Å²) in [6, 6.07) is 7.81. The molecule has 0 saturated heterocycles. The molecule has 0 aliphatic rings. The van der Waals surface area contributed by atoms with E-state index in [2.05, 4.69) is 0 Å². The van der Waals surface area contributed by atoms with Gasteiger partial charge in [-0.15, -0.1) is 12.4 Å². The smallest absolute Gasteiger partial charge is 0.303 e. The fourth-order valence-corrected chi connectivity index (χ4v) is 2.58.